The molecule has 0 amide bonds. The van der Waals surface area contributed by atoms with Crippen molar-refractivity contribution in [2.75, 3.05) is 0 Å². The summed E-state index contributed by atoms with van der Waals surface area (Å²) in [6, 6.07) is 36.0. The van der Waals surface area contributed by atoms with E-state index < -0.39 is 0 Å². The molecule has 0 atom stereocenters. The SMILES string of the molecule is Cc1ccc(C2=c3sc4c5c(sc4c3-c3ccccc32)=C(c2ccc(C)cc2)c2ccccc2-5)cc1. The molecule has 0 spiro atoms. The molecule has 0 saturated heterocycles. The number of aryl methyl sites for hydroxylation is 2. The van der Waals surface area contributed by atoms with Gasteiger partial charge in [0.2, 0.25) is 0 Å². The fourth-order valence-corrected chi connectivity index (χ4v) is 8.97. The van der Waals surface area contributed by atoms with Crippen molar-refractivity contribution in [3.63, 3.8) is 0 Å². The standard InChI is InChI=1S/C34H22S2/c1-19-11-15-21(16-12-19)27-23-7-3-5-9-25(23)29-31(27)35-34-30-26-10-6-4-8-24(26)28(32(30)36-33(29)34)22-17-13-20(2)14-18-22/h3-18H,1-2H3. The van der Waals surface area contributed by atoms with Gasteiger partial charge in [0, 0.05) is 31.3 Å². The summed E-state index contributed by atoms with van der Waals surface area (Å²) >= 11 is 3.97. The molecule has 0 nitrogen and oxygen atoms in total. The minimum atomic E-state index is 1.30. The highest BCUT2D eigenvalue weighted by Crippen LogP contribution is 2.48. The van der Waals surface area contributed by atoms with Gasteiger partial charge in [0.25, 0.3) is 0 Å². The van der Waals surface area contributed by atoms with Crippen molar-refractivity contribution in [1.82, 2.24) is 0 Å². The number of hydrogen-bond acceptors (Lipinski definition) is 2. The first kappa shape index (κ1) is 20.5. The number of rotatable bonds is 2. The molecule has 0 aliphatic heterocycles. The van der Waals surface area contributed by atoms with Crippen molar-refractivity contribution in [3.05, 3.63) is 140 Å². The summed E-state index contributed by atoms with van der Waals surface area (Å²) < 4.78 is 5.72. The zero-order valence-corrected chi connectivity index (χ0v) is 21.7. The van der Waals surface area contributed by atoms with Gasteiger partial charge < -0.3 is 0 Å². The lowest BCUT2D eigenvalue weighted by Crippen LogP contribution is -2.01. The topological polar surface area (TPSA) is 0 Å². The molecule has 6 aromatic rings. The van der Waals surface area contributed by atoms with Crippen LogP contribution in [0.5, 0.6) is 0 Å². The van der Waals surface area contributed by atoms with Gasteiger partial charge in [-0.15, -0.1) is 22.7 Å². The molecular weight excluding hydrogens is 473 g/mol. The second kappa shape index (κ2) is 7.39. The molecular formula is C34H22S2. The van der Waals surface area contributed by atoms with Gasteiger partial charge in [-0.25, -0.2) is 0 Å². The molecule has 0 saturated carbocycles. The molecule has 4 aromatic carbocycles. The van der Waals surface area contributed by atoms with Crippen LogP contribution in [-0.2, 0) is 0 Å². The maximum absolute atomic E-state index is 2.31. The van der Waals surface area contributed by atoms with Crippen LogP contribution < -0.4 is 9.06 Å². The molecule has 0 bridgehead atoms. The minimum absolute atomic E-state index is 1.30. The van der Waals surface area contributed by atoms with Gasteiger partial charge in [-0.1, -0.05) is 108 Å². The third kappa shape index (κ3) is 2.69. The summed E-state index contributed by atoms with van der Waals surface area (Å²) in [5, 5.41) is 0. The fourth-order valence-electron chi connectivity index (χ4n) is 5.87. The van der Waals surface area contributed by atoms with Gasteiger partial charge in [-0.2, -0.15) is 0 Å². The number of benzene rings is 4. The number of fused-ring (bicyclic) bond motifs is 9. The van der Waals surface area contributed by atoms with Crippen LogP contribution in [0.15, 0.2) is 97.1 Å². The molecule has 36 heavy (non-hydrogen) atoms. The Morgan fingerprint density at radius 1 is 0.417 bits per heavy atom. The van der Waals surface area contributed by atoms with E-state index in [0.717, 1.165) is 0 Å². The van der Waals surface area contributed by atoms with Gasteiger partial charge in [0.15, 0.2) is 0 Å². The highest BCUT2D eigenvalue weighted by Gasteiger charge is 2.31. The lowest BCUT2D eigenvalue weighted by Gasteiger charge is -2.08. The summed E-state index contributed by atoms with van der Waals surface area (Å²) in [7, 11) is 0. The minimum Gasteiger partial charge on any atom is -0.133 e. The van der Waals surface area contributed by atoms with Gasteiger partial charge >= 0.3 is 0 Å². The fraction of sp³-hybridized carbons (Fsp3) is 0.0588. The molecule has 2 aliphatic rings. The molecule has 2 heterocycles. The van der Waals surface area contributed by atoms with E-state index >= 15 is 0 Å². The highest BCUT2D eigenvalue weighted by molar-refractivity contribution is 7.28. The smallest absolute Gasteiger partial charge is 0.0549 e. The second-order valence-electron chi connectivity index (χ2n) is 9.84. The molecule has 2 aliphatic carbocycles. The first-order valence-electron chi connectivity index (χ1n) is 12.4. The predicted molar refractivity (Wildman–Crippen MR) is 155 cm³/mol. The van der Waals surface area contributed by atoms with Crippen LogP contribution in [-0.4, -0.2) is 0 Å². The van der Waals surface area contributed by atoms with Crippen LogP contribution in [0.2, 0.25) is 0 Å². The molecule has 8 rings (SSSR count). The van der Waals surface area contributed by atoms with E-state index in [4.69, 9.17) is 0 Å². The average molecular weight is 495 g/mol. The maximum atomic E-state index is 2.31. The Morgan fingerprint density at radius 2 is 0.778 bits per heavy atom. The zero-order valence-electron chi connectivity index (χ0n) is 20.1. The van der Waals surface area contributed by atoms with E-state index in [9.17, 15) is 0 Å². The molecule has 0 unspecified atom stereocenters. The van der Waals surface area contributed by atoms with Gasteiger partial charge in [-0.3, -0.25) is 0 Å². The first-order valence-corrected chi connectivity index (χ1v) is 14.0. The lowest BCUT2D eigenvalue weighted by molar-refractivity contribution is 1.45. The van der Waals surface area contributed by atoms with Gasteiger partial charge in [0.05, 0.1) is 9.40 Å². The highest BCUT2D eigenvalue weighted by atomic mass is 32.1. The molecule has 170 valence electrons. The van der Waals surface area contributed by atoms with Gasteiger partial charge in [-0.05, 0) is 47.2 Å². The normalized spacial score (nSPS) is 13.2. The largest absolute Gasteiger partial charge is 0.133 e. The summed E-state index contributed by atoms with van der Waals surface area (Å²) in [6.07, 6.45) is 0. The van der Waals surface area contributed by atoms with Crippen LogP contribution in [0.3, 0.4) is 0 Å². The van der Waals surface area contributed by atoms with Crippen molar-refractivity contribution < 1.29 is 0 Å². The summed E-state index contributed by atoms with van der Waals surface area (Å²) in [4.78, 5) is 0. The van der Waals surface area contributed by atoms with E-state index in [-0.39, 0.29) is 0 Å². The Bertz CT molecular complexity index is 1830. The Labute approximate surface area is 218 Å². The Morgan fingerprint density at radius 3 is 1.17 bits per heavy atom. The molecule has 2 heteroatoms. The third-order valence-electron chi connectivity index (χ3n) is 7.59. The summed E-state index contributed by atoms with van der Waals surface area (Å²) in [5.41, 5.74) is 16.3. The zero-order chi connectivity index (χ0) is 24.0. The molecule has 0 fully saturated rings. The van der Waals surface area contributed by atoms with Gasteiger partial charge in [0.1, 0.15) is 0 Å². The van der Waals surface area contributed by atoms with Crippen LogP contribution in [0, 0.1) is 13.8 Å². The Balaban J connectivity index is 1.51. The van der Waals surface area contributed by atoms with Crippen LogP contribution >= 0.6 is 22.7 Å². The van der Waals surface area contributed by atoms with Crippen LogP contribution in [0.4, 0.5) is 0 Å². The third-order valence-corrected chi connectivity index (χ3v) is 10.2. The van der Waals surface area contributed by atoms with Crippen molar-refractivity contribution in [2.24, 2.45) is 0 Å². The second-order valence-corrected chi connectivity index (χ2v) is 11.9. The van der Waals surface area contributed by atoms with E-state index in [2.05, 4.69) is 111 Å². The van der Waals surface area contributed by atoms with Crippen molar-refractivity contribution in [2.45, 2.75) is 13.8 Å². The quantitative estimate of drug-likeness (QED) is 0.228. The summed E-state index contributed by atoms with van der Waals surface area (Å²) in [5.74, 6) is 0. The molecule has 0 N–H and O–H groups in total. The van der Waals surface area contributed by atoms with E-state index in [1.807, 2.05) is 22.7 Å². The lowest BCUT2D eigenvalue weighted by atomic mass is 9.97. The van der Waals surface area contributed by atoms with Crippen molar-refractivity contribution in [3.8, 4) is 22.3 Å². The monoisotopic (exact) mass is 494 g/mol. The predicted octanol–water partition coefficient (Wildman–Crippen LogP) is 8.04. The maximum Gasteiger partial charge on any atom is 0.0549 e. The van der Waals surface area contributed by atoms with E-state index in [1.165, 1.54) is 85.2 Å². The van der Waals surface area contributed by atoms with Crippen LogP contribution in [0.25, 0.3) is 42.8 Å². The Hall–Kier alpha value is -3.72. The van der Waals surface area contributed by atoms with Crippen molar-refractivity contribution in [1.29, 1.82) is 0 Å². The van der Waals surface area contributed by atoms with Crippen LogP contribution in [0.1, 0.15) is 33.4 Å². The number of thiophene rings is 2. The van der Waals surface area contributed by atoms with E-state index in [1.54, 1.807) is 0 Å². The molecule has 2 aromatic heterocycles. The Kier molecular flexibility index (Phi) is 4.20. The number of hydrogen-bond donors (Lipinski definition) is 0. The first-order chi connectivity index (χ1) is 17.7. The van der Waals surface area contributed by atoms with Crippen molar-refractivity contribution >= 4 is 43.2 Å². The summed E-state index contributed by atoms with van der Waals surface area (Å²) in [6.45, 7) is 4.32. The average Bonchev–Trinajstić information content (AvgIpc) is 3.60. The molecule has 0 radical (unpaired) electrons. The van der Waals surface area contributed by atoms with E-state index in [0.29, 0.717) is 0 Å².